The van der Waals surface area contributed by atoms with Crippen LogP contribution in [0.15, 0.2) is 33.6 Å². The molecular formula is C21H27N5O5S2. The SMILES string of the molecule is Cc1nn(C2CCS(=O)(=O)C2)c(C)c1CN(C)C(=O)CN(C)C1=NS(=O)(=O)c2ccccc21. The predicted molar refractivity (Wildman–Crippen MR) is 123 cm³/mol. The molecule has 1 aromatic heterocycles. The zero-order chi connectivity index (χ0) is 24.1. The Morgan fingerprint density at radius 2 is 1.85 bits per heavy atom. The predicted octanol–water partition coefficient (Wildman–Crippen LogP) is 0.899. The van der Waals surface area contributed by atoms with Gasteiger partial charge in [-0.1, -0.05) is 12.1 Å². The van der Waals surface area contributed by atoms with Crippen LogP contribution >= 0.6 is 0 Å². The van der Waals surface area contributed by atoms with Gasteiger partial charge in [0.05, 0.1) is 29.8 Å². The van der Waals surface area contributed by atoms with Gasteiger partial charge < -0.3 is 9.80 Å². The van der Waals surface area contributed by atoms with Crippen molar-refractivity contribution in [1.82, 2.24) is 19.6 Å². The minimum Gasteiger partial charge on any atom is -0.349 e. The smallest absolute Gasteiger partial charge is 0.285 e. The lowest BCUT2D eigenvalue weighted by atomic mass is 10.1. The number of hydrogen-bond acceptors (Lipinski definition) is 7. The molecule has 4 rings (SSSR count). The topological polar surface area (TPSA) is 122 Å². The molecule has 1 amide bonds. The molecule has 2 aliphatic heterocycles. The summed E-state index contributed by atoms with van der Waals surface area (Å²) >= 11 is 0. The molecule has 1 fully saturated rings. The summed E-state index contributed by atoms with van der Waals surface area (Å²) in [7, 11) is -3.49. The Bertz CT molecular complexity index is 1360. The molecule has 33 heavy (non-hydrogen) atoms. The number of carbonyl (C=O) groups excluding carboxylic acids is 1. The van der Waals surface area contributed by atoms with Crippen LogP contribution in [0, 0.1) is 13.8 Å². The maximum atomic E-state index is 12.9. The molecule has 0 aliphatic carbocycles. The molecular weight excluding hydrogens is 466 g/mol. The Kier molecular flexibility index (Phi) is 5.85. The van der Waals surface area contributed by atoms with E-state index in [1.807, 2.05) is 13.8 Å². The van der Waals surface area contributed by atoms with Gasteiger partial charge in [0.25, 0.3) is 10.0 Å². The summed E-state index contributed by atoms with van der Waals surface area (Å²) < 4.78 is 54.0. The fraction of sp³-hybridized carbons (Fsp3) is 0.476. The van der Waals surface area contributed by atoms with E-state index in [1.165, 1.54) is 11.0 Å². The molecule has 3 heterocycles. The Balaban J connectivity index is 1.47. The third-order valence-electron chi connectivity index (χ3n) is 6.20. The third kappa shape index (κ3) is 4.41. The van der Waals surface area contributed by atoms with Crippen molar-refractivity contribution < 1.29 is 21.6 Å². The Hall–Kier alpha value is -2.73. The van der Waals surface area contributed by atoms with Gasteiger partial charge in [0.2, 0.25) is 5.91 Å². The van der Waals surface area contributed by atoms with Crippen molar-refractivity contribution in [2.24, 2.45) is 4.40 Å². The Morgan fingerprint density at radius 3 is 2.52 bits per heavy atom. The molecule has 0 N–H and O–H groups in total. The third-order valence-corrected chi connectivity index (χ3v) is 9.27. The van der Waals surface area contributed by atoms with Crippen molar-refractivity contribution in [3.8, 4) is 0 Å². The van der Waals surface area contributed by atoms with Gasteiger partial charge in [0.1, 0.15) is 4.90 Å². The highest BCUT2D eigenvalue weighted by Crippen LogP contribution is 2.28. The van der Waals surface area contributed by atoms with Crippen molar-refractivity contribution >= 4 is 31.6 Å². The van der Waals surface area contributed by atoms with Crippen LogP contribution in [0.2, 0.25) is 0 Å². The van der Waals surface area contributed by atoms with Crippen LogP contribution < -0.4 is 0 Å². The molecule has 2 aliphatic rings. The highest BCUT2D eigenvalue weighted by molar-refractivity contribution is 7.91. The molecule has 1 unspecified atom stereocenters. The average Bonchev–Trinajstić information content (AvgIpc) is 3.34. The molecule has 0 radical (unpaired) electrons. The van der Waals surface area contributed by atoms with Crippen molar-refractivity contribution in [3.63, 3.8) is 0 Å². The number of carbonyl (C=O) groups is 1. The second kappa shape index (κ2) is 8.24. The van der Waals surface area contributed by atoms with E-state index in [2.05, 4.69) is 9.50 Å². The summed E-state index contributed by atoms with van der Waals surface area (Å²) in [6, 6.07) is 6.36. The number of likely N-dealkylation sites (N-methyl/N-ethyl adjacent to an activating group) is 2. The van der Waals surface area contributed by atoms with E-state index in [-0.39, 0.29) is 40.7 Å². The number of hydrogen-bond donors (Lipinski definition) is 0. The van der Waals surface area contributed by atoms with Gasteiger partial charge in [-0.3, -0.25) is 9.48 Å². The number of fused-ring (bicyclic) bond motifs is 1. The van der Waals surface area contributed by atoms with Crippen LogP contribution in [-0.4, -0.2) is 80.3 Å². The molecule has 1 saturated heterocycles. The van der Waals surface area contributed by atoms with E-state index in [9.17, 15) is 21.6 Å². The Morgan fingerprint density at radius 1 is 1.15 bits per heavy atom. The normalized spacial score (nSPS) is 20.4. The molecule has 0 bridgehead atoms. The summed E-state index contributed by atoms with van der Waals surface area (Å²) in [6.07, 6.45) is 0.537. The van der Waals surface area contributed by atoms with Crippen LogP contribution in [0.25, 0.3) is 0 Å². The summed E-state index contributed by atoms with van der Waals surface area (Å²) in [6.45, 7) is 4.00. The number of rotatable bonds is 5. The molecule has 10 nitrogen and oxygen atoms in total. The molecule has 2 aromatic rings. The van der Waals surface area contributed by atoms with Crippen LogP contribution in [0.3, 0.4) is 0 Å². The van der Waals surface area contributed by atoms with Gasteiger partial charge in [-0.05, 0) is 32.4 Å². The standard InChI is InChI=1S/C21H27N5O5S2/c1-14-18(15(2)26(22-14)16-9-10-32(28,29)13-16)11-24(3)20(27)12-25(4)21-17-7-5-6-8-19(17)33(30,31)23-21/h5-8,16H,9-13H2,1-4H3. The van der Waals surface area contributed by atoms with Gasteiger partial charge >= 0.3 is 0 Å². The second-order valence-electron chi connectivity index (χ2n) is 8.64. The first-order chi connectivity index (χ1) is 15.4. The summed E-state index contributed by atoms with van der Waals surface area (Å²) in [5.41, 5.74) is 2.96. The fourth-order valence-electron chi connectivity index (χ4n) is 4.34. The van der Waals surface area contributed by atoms with E-state index < -0.39 is 19.9 Å². The van der Waals surface area contributed by atoms with E-state index >= 15 is 0 Å². The fourth-order valence-corrected chi connectivity index (χ4v) is 7.28. The largest absolute Gasteiger partial charge is 0.349 e. The zero-order valence-corrected chi connectivity index (χ0v) is 20.6. The van der Waals surface area contributed by atoms with Gasteiger partial charge in [-0.2, -0.15) is 13.5 Å². The quantitative estimate of drug-likeness (QED) is 0.606. The minimum absolute atomic E-state index is 0.0493. The number of sulfonamides is 1. The molecule has 1 aromatic carbocycles. The lowest BCUT2D eigenvalue weighted by molar-refractivity contribution is -0.130. The number of nitrogens with zero attached hydrogens (tertiary/aromatic N) is 5. The van der Waals surface area contributed by atoms with Crippen LogP contribution in [-0.2, 0) is 31.2 Å². The minimum atomic E-state index is -3.76. The number of amides is 1. The van der Waals surface area contributed by atoms with Crippen LogP contribution in [0.1, 0.15) is 35.0 Å². The lowest BCUT2D eigenvalue weighted by Crippen LogP contribution is -2.39. The van der Waals surface area contributed by atoms with Gasteiger partial charge in [0.15, 0.2) is 15.7 Å². The number of aromatic nitrogens is 2. The summed E-state index contributed by atoms with van der Waals surface area (Å²) in [4.78, 5) is 16.2. The number of benzene rings is 1. The summed E-state index contributed by atoms with van der Waals surface area (Å²) in [5, 5.41) is 4.55. The monoisotopic (exact) mass is 493 g/mol. The first kappa shape index (κ1) is 23.4. The maximum Gasteiger partial charge on any atom is 0.285 e. The lowest BCUT2D eigenvalue weighted by Gasteiger charge is -2.23. The molecule has 0 saturated carbocycles. The first-order valence-corrected chi connectivity index (χ1v) is 13.8. The van der Waals surface area contributed by atoms with Crippen molar-refractivity contribution in [2.75, 3.05) is 32.1 Å². The number of amidine groups is 1. The number of aryl methyl sites for hydroxylation is 1. The van der Waals surface area contributed by atoms with Crippen molar-refractivity contribution in [2.45, 2.75) is 37.8 Å². The maximum absolute atomic E-state index is 12.9. The van der Waals surface area contributed by atoms with E-state index in [0.29, 0.717) is 18.5 Å². The molecule has 0 spiro atoms. The highest BCUT2D eigenvalue weighted by Gasteiger charge is 2.33. The van der Waals surface area contributed by atoms with E-state index in [0.717, 1.165) is 17.0 Å². The van der Waals surface area contributed by atoms with E-state index in [1.54, 1.807) is 41.9 Å². The first-order valence-electron chi connectivity index (χ1n) is 10.5. The van der Waals surface area contributed by atoms with Crippen LogP contribution in [0.4, 0.5) is 0 Å². The van der Waals surface area contributed by atoms with E-state index in [4.69, 9.17) is 0 Å². The van der Waals surface area contributed by atoms with Crippen molar-refractivity contribution in [1.29, 1.82) is 0 Å². The van der Waals surface area contributed by atoms with Crippen molar-refractivity contribution in [3.05, 3.63) is 46.8 Å². The highest BCUT2D eigenvalue weighted by atomic mass is 32.2. The molecule has 178 valence electrons. The molecule has 12 heteroatoms. The van der Waals surface area contributed by atoms with Gasteiger partial charge in [0, 0.05) is 37.5 Å². The van der Waals surface area contributed by atoms with Crippen LogP contribution in [0.5, 0.6) is 0 Å². The van der Waals surface area contributed by atoms with Gasteiger partial charge in [-0.15, -0.1) is 4.40 Å². The second-order valence-corrected chi connectivity index (χ2v) is 12.4. The zero-order valence-electron chi connectivity index (χ0n) is 19.0. The number of sulfone groups is 1. The summed E-state index contributed by atoms with van der Waals surface area (Å²) in [5.74, 6) is 0.283. The molecule has 1 atom stereocenters. The Labute approximate surface area is 193 Å². The average molecular weight is 494 g/mol. The van der Waals surface area contributed by atoms with Gasteiger partial charge in [-0.25, -0.2) is 8.42 Å².